The average Bonchev–Trinajstić information content (AvgIpc) is 2.90. The van der Waals surface area contributed by atoms with Crippen LogP contribution in [0.25, 0.3) is 10.1 Å². The van der Waals surface area contributed by atoms with Crippen LogP contribution in [0.15, 0.2) is 42.5 Å². The number of nitrogens with one attached hydrogen (secondary N) is 2. The SMILES string of the molecule is CNC(=O)c1cccc(NC(=O)c2sc3cc(F)ccc3c2Cl)c1. The number of carbonyl (C=O) groups is 2. The van der Waals surface area contributed by atoms with Crippen molar-refractivity contribution in [1.82, 2.24) is 5.32 Å². The summed E-state index contributed by atoms with van der Waals surface area (Å²) < 4.78 is 13.9. The molecular weight excluding hydrogens is 351 g/mol. The maximum Gasteiger partial charge on any atom is 0.267 e. The van der Waals surface area contributed by atoms with Crippen molar-refractivity contribution in [2.75, 3.05) is 12.4 Å². The van der Waals surface area contributed by atoms with Crippen LogP contribution in [-0.4, -0.2) is 18.9 Å². The van der Waals surface area contributed by atoms with Crippen LogP contribution in [0.2, 0.25) is 5.02 Å². The fourth-order valence-electron chi connectivity index (χ4n) is 2.26. The smallest absolute Gasteiger partial charge is 0.267 e. The molecule has 0 aliphatic carbocycles. The third-order valence-corrected chi connectivity index (χ3v) is 5.06. The van der Waals surface area contributed by atoms with E-state index in [1.54, 1.807) is 30.3 Å². The Labute approximate surface area is 146 Å². The quantitative estimate of drug-likeness (QED) is 0.729. The number of thiophene rings is 1. The van der Waals surface area contributed by atoms with E-state index < -0.39 is 5.91 Å². The Hall–Kier alpha value is -2.44. The molecule has 2 amide bonds. The summed E-state index contributed by atoms with van der Waals surface area (Å²) in [6, 6.07) is 10.7. The van der Waals surface area contributed by atoms with Gasteiger partial charge in [-0.25, -0.2) is 4.39 Å². The van der Waals surface area contributed by atoms with E-state index in [0.29, 0.717) is 26.2 Å². The molecule has 0 aliphatic heterocycles. The van der Waals surface area contributed by atoms with Crippen LogP contribution in [0.4, 0.5) is 10.1 Å². The lowest BCUT2D eigenvalue weighted by atomic mass is 10.2. The lowest BCUT2D eigenvalue weighted by Gasteiger charge is -2.06. The van der Waals surface area contributed by atoms with Gasteiger partial charge >= 0.3 is 0 Å². The van der Waals surface area contributed by atoms with Gasteiger partial charge < -0.3 is 10.6 Å². The average molecular weight is 363 g/mol. The summed E-state index contributed by atoms with van der Waals surface area (Å²) in [5.74, 6) is -1.04. The zero-order valence-electron chi connectivity index (χ0n) is 12.5. The second kappa shape index (κ2) is 6.59. The molecule has 2 N–H and O–H groups in total. The first-order valence-corrected chi connectivity index (χ1v) is 8.20. The van der Waals surface area contributed by atoms with E-state index in [0.717, 1.165) is 11.3 Å². The van der Waals surface area contributed by atoms with E-state index in [1.807, 2.05) is 0 Å². The first-order chi connectivity index (χ1) is 11.5. The molecule has 24 heavy (non-hydrogen) atoms. The van der Waals surface area contributed by atoms with Gasteiger partial charge in [0, 0.05) is 28.4 Å². The summed E-state index contributed by atoms with van der Waals surface area (Å²) in [6.45, 7) is 0. The second-order valence-electron chi connectivity index (χ2n) is 5.00. The Balaban J connectivity index is 1.90. The molecule has 0 bridgehead atoms. The van der Waals surface area contributed by atoms with Crippen LogP contribution in [0.5, 0.6) is 0 Å². The molecule has 0 saturated heterocycles. The van der Waals surface area contributed by atoms with Crippen LogP contribution >= 0.6 is 22.9 Å². The molecule has 0 atom stereocenters. The third kappa shape index (κ3) is 3.11. The molecule has 0 spiro atoms. The van der Waals surface area contributed by atoms with Gasteiger partial charge in [-0.05, 0) is 36.4 Å². The fraction of sp³-hybridized carbons (Fsp3) is 0.0588. The Bertz CT molecular complexity index is 955. The molecule has 0 fully saturated rings. The zero-order chi connectivity index (χ0) is 17.3. The van der Waals surface area contributed by atoms with Gasteiger partial charge in [0.2, 0.25) is 0 Å². The molecule has 1 aromatic heterocycles. The van der Waals surface area contributed by atoms with Crippen molar-refractivity contribution in [3.63, 3.8) is 0 Å². The Morgan fingerprint density at radius 2 is 1.92 bits per heavy atom. The standard InChI is InChI=1S/C17H12ClFN2O2S/c1-20-16(22)9-3-2-4-11(7-9)21-17(23)15-14(18)12-6-5-10(19)8-13(12)24-15/h2-8H,1H3,(H,20,22)(H,21,23). The Morgan fingerprint density at radius 3 is 2.67 bits per heavy atom. The normalized spacial score (nSPS) is 10.6. The lowest BCUT2D eigenvalue weighted by molar-refractivity contribution is 0.0961. The van der Waals surface area contributed by atoms with Crippen molar-refractivity contribution in [1.29, 1.82) is 0 Å². The highest BCUT2D eigenvalue weighted by atomic mass is 35.5. The summed E-state index contributed by atoms with van der Waals surface area (Å²) in [4.78, 5) is 24.4. The van der Waals surface area contributed by atoms with E-state index in [9.17, 15) is 14.0 Å². The number of hydrogen-bond acceptors (Lipinski definition) is 3. The molecule has 0 radical (unpaired) electrons. The van der Waals surface area contributed by atoms with E-state index in [-0.39, 0.29) is 16.7 Å². The summed E-state index contributed by atoms with van der Waals surface area (Å²) >= 11 is 7.35. The molecular formula is C17H12ClFN2O2S. The summed E-state index contributed by atoms with van der Waals surface area (Å²) in [5.41, 5.74) is 0.903. The van der Waals surface area contributed by atoms with Crippen LogP contribution in [0, 0.1) is 5.82 Å². The van der Waals surface area contributed by atoms with Crippen LogP contribution < -0.4 is 10.6 Å². The number of amides is 2. The van der Waals surface area contributed by atoms with Gasteiger partial charge in [-0.15, -0.1) is 11.3 Å². The Morgan fingerprint density at radius 1 is 1.12 bits per heavy atom. The fourth-order valence-corrected chi connectivity index (χ4v) is 3.69. The molecule has 2 aromatic carbocycles. The molecule has 0 saturated carbocycles. The predicted molar refractivity (Wildman–Crippen MR) is 94.6 cm³/mol. The van der Waals surface area contributed by atoms with Crippen molar-refractivity contribution in [3.05, 3.63) is 63.7 Å². The first kappa shape index (κ1) is 16.4. The highest BCUT2D eigenvalue weighted by Gasteiger charge is 2.18. The van der Waals surface area contributed by atoms with Crippen LogP contribution in [-0.2, 0) is 0 Å². The molecule has 1 heterocycles. The molecule has 4 nitrogen and oxygen atoms in total. The summed E-state index contributed by atoms with van der Waals surface area (Å²) in [7, 11) is 1.53. The minimum atomic E-state index is -0.407. The van der Waals surface area contributed by atoms with Crippen molar-refractivity contribution in [3.8, 4) is 0 Å². The van der Waals surface area contributed by atoms with E-state index >= 15 is 0 Å². The van der Waals surface area contributed by atoms with Gasteiger partial charge in [0.1, 0.15) is 10.7 Å². The lowest BCUT2D eigenvalue weighted by Crippen LogP contribution is -2.18. The predicted octanol–water partition coefficient (Wildman–Crippen LogP) is 4.31. The highest BCUT2D eigenvalue weighted by molar-refractivity contribution is 7.21. The molecule has 3 aromatic rings. The summed E-state index contributed by atoms with van der Waals surface area (Å²) in [6.07, 6.45) is 0. The number of halogens is 2. The largest absolute Gasteiger partial charge is 0.355 e. The first-order valence-electron chi connectivity index (χ1n) is 7.00. The number of hydrogen-bond donors (Lipinski definition) is 2. The summed E-state index contributed by atoms with van der Waals surface area (Å²) in [5, 5.41) is 6.15. The van der Waals surface area contributed by atoms with Gasteiger partial charge in [0.05, 0.1) is 5.02 Å². The van der Waals surface area contributed by atoms with Crippen molar-refractivity contribution in [2.24, 2.45) is 0 Å². The number of rotatable bonds is 3. The minimum Gasteiger partial charge on any atom is -0.355 e. The number of fused-ring (bicyclic) bond motifs is 1. The second-order valence-corrected chi connectivity index (χ2v) is 6.43. The van der Waals surface area contributed by atoms with Crippen molar-refractivity contribution < 1.29 is 14.0 Å². The van der Waals surface area contributed by atoms with E-state index in [4.69, 9.17) is 11.6 Å². The molecule has 0 aliphatic rings. The van der Waals surface area contributed by atoms with Gasteiger partial charge in [0.15, 0.2) is 0 Å². The van der Waals surface area contributed by atoms with Crippen molar-refractivity contribution in [2.45, 2.75) is 0 Å². The third-order valence-electron chi connectivity index (χ3n) is 3.41. The Kier molecular flexibility index (Phi) is 4.51. The van der Waals surface area contributed by atoms with Crippen LogP contribution in [0.3, 0.4) is 0 Å². The number of anilines is 1. The number of carbonyl (C=O) groups excluding carboxylic acids is 2. The minimum absolute atomic E-state index is 0.249. The van der Waals surface area contributed by atoms with Gasteiger partial charge in [0.25, 0.3) is 11.8 Å². The molecule has 0 unspecified atom stereocenters. The topological polar surface area (TPSA) is 58.2 Å². The monoisotopic (exact) mass is 362 g/mol. The zero-order valence-corrected chi connectivity index (χ0v) is 14.1. The van der Waals surface area contributed by atoms with E-state index in [1.165, 1.54) is 19.2 Å². The van der Waals surface area contributed by atoms with Crippen LogP contribution in [0.1, 0.15) is 20.0 Å². The van der Waals surface area contributed by atoms with Gasteiger partial charge in [-0.1, -0.05) is 17.7 Å². The maximum atomic E-state index is 13.3. The van der Waals surface area contributed by atoms with Gasteiger partial charge in [-0.3, -0.25) is 9.59 Å². The highest BCUT2D eigenvalue weighted by Crippen LogP contribution is 2.36. The van der Waals surface area contributed by atoms with Gasteiger partial charge in [-0.2, -0.15) is 0 Å². The molecule has 122 valence electrons. The molecule has 7 heteroatoms. The molecule has 3 rings (SSSR count). The van der Waals surface area contributed by atoms with E-state index in [2.05, 4.69) is 10.6 Å². The van der Waals surface area contributed by atoms with Crippen molar-refractivity contribution >= 4 is 50.5 Å². The number of benzene rings is 2. The maximum absolute atomic E-state index is 13.3.